The molecule has 2 aromatic heterocycles. The van der Waals surface area contributed by atoms with Gasteiger partial charge in [0.15, 0.2) is 5.82 Å². The standard InChI is InChI=1S/C29H29FI2N6O2/c1-36-20-6-5-15-11-21(38(13-14-3-4-14)24(15)17(20)12-23(36)39)26-34-19-10-16(9-18(30)25(19)37(26)2)27(40)35-28(32)29(33)8-7-22(29)31/h5-6,9-11,14,22,28H,3-4,7-8,12-13,33H2,1-2H3,(H,35,40)/t22-,28+,29+/m1/s1. The molecule has 40 heavy (non-hydrogen) atoms. The summed E-state index contributed by atoms with van der Waals surface area (Å²) in [6.07, 6.45) is 4.57. The zero-order valence-electron chi connectivity index (χ0n) is 22.2. The highest BCUT2D eigenvalue weighted by Gasteiger charge is 2.47. The second-order valence-corrected chi connectivity index (χ2v) is 14.2. The van der Waals surface area contributed by atoms with E-state index in [1.165, 1.54) is 18.9 Å². The predicted molar refractivity (Wildman–Crippen MR) is 171 cm³/mol. The van der Waals surface area contributed by atoms with E-state index in [4.69, 9.17) is 10.7 Å². The number of fused-ring (bicyclic) bond motifs is 4. The SMILES string of the molecule is CN1C(=O)Cc2c1ccc1cc(-c3nc4cc(C(=O)N[C@H](I)[C@]5(N)CC[C@H]5I)cc(F)c4n3C)n(CC3CC3)c21. The van der Waals surface area contributed by atoms with E-state index >= 15 is 4.39 Å². The Morgan fingerprint density at radius 3 is 2.67 bits per heavy atom. The number of alkyl halides is 2. The fourth-order valence-electron chi connectivity index (χ4n) is 6.11. The van der Waals surface area contributed by atoms with Gasteiger partial charge >= 0.3 is 0 Å². The van der Waals surface area contributed by atoms with Crippen LogP contribution in [0, 0.1) is 11.7 Å². The molecule has 2 aliphatic carbocycles. The molecule has 3 N–H and O–H groups in total. The lowest BCUT2D eigenvalue weighted by Crippen LogP contribution is -2.66. The molecule has 3 heterocycles. The summed E-state index contributed by atoms with van der Waals surface area (Å²) in [4.78, 5) is 32.3. The predicted octanol–water partition coefficient (Wildman–Crippen LogP) is 5.05. The van der Waals surface area contributed by atoms with Crippen LogP contribution in [0.3, 0.4) is 0 Å². The van der Waals surface area contributed by atoms with Crippen LogP contribution in [0.4, 0.5) is 10.1 Å². The molecule has 0 radical (unpaired) electrons. The third-order valence-corrected chi connectivity index (χ3v) is 12.2. The average Bonchev–Trinajstić information content (AvgIpc) is 3.49. The van der Waals surface area contributed by atoms with Gasteiger partial charge in [0.1, 0.15) is 11.3 Å². The summed E-state index contributed by atoms with van der Waals surface area (Å²) in [6.45, 7) is 0.822. The summed E-state index contributed by atoms with van der Waals surface area (Å²) in [6, 6.07) is 9.09. The first-order valence-electron chi connectivity index (χ1n) is 13.5. The lowest BCUT2D eigenvalue weighted by atomic mass is 9.77. The summed E-state index contributed by atoms with van der Waals surface area (Å²) < 4.78 is 19.6. The van der Waals surface area contributed by atoms with E-state index in [1.54, 1.807) is 15.5 Å². The van der Waals surface area contributed by atoms with Gasteiger partial charge in [-0.2, -0.15) is 0 Å². The highest BCUT2D eigenvalue weighted by Crippen LogP contribution is 2.42. The minimum absolute atomic E-state index is 0.0828. The molecule has 2 saturated carbocycles. The normalized spacial score (nSPS) is 23.1. The Morgan fingerprint density at radius 1 is 1.23 bits per heavy atom. The summed E-state index contributed by atoms with van der Waals surface area (Å²) in [5.41, 5.74) is 11.0. The van der Waals surface area contributed by atoms with Crippen molar-refractivity contribution in [2.75, 3.05) is 11.9 Å². The number of nitrogens with zero attached hydrogens (tertiary/aromatic N) is 4. The Bertz CT molecular complexity index is 1740. The number of hydrogen-bond donors (Lipinski definition) is 2. The number of benzene rings is 2. The van der Waals surface area contributed by atoms with Crippen molar-refractivity contribution >= 4 is 84.6 Å². The monoisotopic (exact) mass is 766 g/mol. The topological polar surface area (TPSA) is 98.2 Å². The number of imidazole rings is 1. The van der Waals surface area contributed by atoms with Gasteiger partial charge in [-0.15, -0.1) is 0 Å². The van der Waals surface area contributed by atoms with Crippen LogP contribution in [0.15, 0.2) is 30.3 Å². The highest BCUT2D eigenvalue weighted by molar-refractivity contribution is 14.1. The first kappa shape index (κ1) is 26.6. The summed E-state index contributed by atoms with van der Waals surface area (Å²) in [7, 11) is 3.63. The van der Waals surface area contributed by atoms with Gasteiger partial charge in [0.05, 0.1) is 32.7 Å². The molecule has 3 aliphatic rings. The van der Waals surface area contributed by atoms with E-state index in [1.807, 2.05) is 20.2 Å². The number of nitrogens with two attached hydrogens (primary N) is 1. The molecule has 0 bridgehead atoms. The molecule has 4 aromatic rings. The number of hydrogen-bond acceptors (Lipinski definition) is 4. The molecule has 0 spiro atoms. The van der Waals surface area contributed by atoms with Crippen LogP contribution in [0.2, 0.25) is 0 Å². The van der Waals surface area contributed by atoms with Crippen LogP contribution in [-0.2, 0) is 24.8 Å². The molecular formula is C29H29FI2N6O2. The number of carbonyl (C=O) groups excluding carboxylic acids is 2. The third kappa shape index (κ3) is 4.01. The average molecular weight is 766 g/mol. The molecule has 0 unspecified atom stereocenters. The number of nitrogens with one attached hydrogen (secondary N) is 1. The number of aromatic nitrogens is 3. The van der Waals surface area contributed by atoms with E-state index in [2.05, 4.69) is 67.2 Å². The fraction of sp³-hybridized carbons (Fsp3) is 0.414. The first-order valence-corrected chi connectivity index (χ1v) is 16.0. The molecule has 11 heteroatoms. The largest absolute Gasteiger partial charge is 0.338 e. The number of rotatable bonds is 6. The number of carbonyl (C=O) groups is 2. The van der Waals surface area contributed by atoms with Gasteiger partial charge in [0.25, 0.3) is 5.91 Å². The zero-order chi connectivity index (χ0) is 28.1. The quantitative estimate of drug-likeness (QED) is 0.163. The van der Waals surface area contributed by atoms with Crippen LogP contribution in [-0.4, -0.2) is 46.5 Å². The minimum Gasteiger partial charge on any atom is -0.338 e. The van der Waals surface area contributed by atoms with Gasteiger partial charge in [0, 0.05) is 46.8 Å². The molecule has 2 aromatic carbocycles. The van der Waals surface area contributed by atoms with Crippen molar-refractivity contribution in [2.45, 2.75) is 52.2 Å². The van der Waals surface area contributed by atoms with Crippen LogP contribution in [0.5, 0.6) is 0 Å². The van der Waals surface area contributed by atoms with Crippen LogP contribution in [0.25, 0.3) is 33.5 Å². The number of likely N-dealkylation sites (N-methyl/N-ethyl adjacent to an activating group) is 1. The fourth-order valence-corrected chi connectivity index (χ4v) is 8.81. The smallest absolute Gasteiger partial charge is 0.252 e. The van der Waals surface area contributed by atoms with Crippen LogP contribution in [0.1, 0.15) is 41.6 Å². The number of amides is 2. The van der Waals surface area contributed by atoms with Crippen LogP contribution >= 0.6 is 45.2 Å². The van der Waals surface area contributed by atoms with Gasteiger partial charge in [0.2, 0.25) is 5.91 Å². The lowest BCUT2D eigenvalue weighted by molar-refractivity contribution is -0.117. The second kappa shape index (κ2) is 9.38. The maximum atomic E-state index is 15.6. The summed E-state index contributed by atoms with van der Waals surface area (Å²) in [5, 5.41) is 4.02. The van der Waals surface area contributed by atoms with E-state index in [0.29, 0.717) is 29.2 Å². The Labute approximate surface area is 258 Å². The van der Waals surface area contributed by atoms with Gasteiger partial charge in [-0.1, -0.05) is 51.2 Å². The zero-order valence-corrected chi connectivity index (χ0v) is 26.5. The molecule has 7 rings (SSSR count). The van der Waals surface area contributed by atoms with E-state index < -0.39 is 11.4 Å². The van der Waals surface area contributed by atoms with Crippen molar-refractivity contribution in [1.82, 2.24) is 19.4 Å². The van der Waals surface area contributed by atoms with E-state index in [9.17, 15) is 9.59 Å². The van der Waals surface area contributed by atoms with Crippen LogP contribution < -0.4 is 16.0 Å². The van der Waals surface area contributed by atoms with Gasteiger partial charge in [-0.05, 0) is 55.9 Å². The first-order chi connectivity index (χ1) is 19.1. The van der Waals surface area contributed by atoms with Gasteiger partial charge in [-0.3, -0.25) is 9.59 Å². The van der Waals surface area contributed by atoms with Gasteiger partial charge < -0.3 is 25.1 Å². The van der Waals surface area contributed by atoms with Gasteiger partial charge in [-0.25, -0.2) is 9.37 Å². The molecule has 1 aliphatic heterocycles. The molecule has 8 nitrogen and oxygen atoms in total. The van der Waals surface area contributed by atoms with Crippen molar-refractivity contribution in [2.24, 2.45) is 18.7 Å². The van der Waals surface area contributed by atoms with Crippen molar-refractivity contribution < 1.29 is 14.0 Å². The maximum Gasteiger partial charge on any atom is 0.252 e. The third-order valence-electron chi connectivity index (χ3n) is 8.90. The van der Waals surface area contributed by atoms with Crippen molar-refractivity contribution in [3.05, 3.63) is 47.3 Å². The van der Waals surface area contributed by atoms with E-state index in [0.717, 1.165) is 47.2 Å². The Morgan fingerprint density at radius 2 is 2.00 bits per heavy atom. The van der Waals surface area contributed by atoms with Crippen molar-refractivity contribution in [3.63, 3.8) is 0 Å². The molecule has 208 valence electrons. The molecule has 2 fully saturated rings. The molecular weight excluding hydrogens is 737 g/mol. The summed E-state index contributed by atoms with van der Waals surface area (Å²) >= 11 is 4.51. The lowest BCUT2D eigenvalue weighted by Gasteiger charge is -2.47. The molecule has 2 amide bonds. The highest BCUT2D eigenvalue weighted by atomic mass is 127. The Balaban J connectivity index is 1.31. The number of halogens is 3. The Hall–Kier alpha value is -2.26. The molecule has 3 atom stereocenters. The second-order valence-electron chi connectivity index (χ2n) is 11.5. The number of aryl methyl sites for hydroxylation is 1. The van der Waals surface area contributed by atoms with E-state index in [-0.39, 0.29) is 25.4 Å². The van der Waals surface area contributed by atoms with Crippen molar-refractivity contribution in [3.8, 4) is 11.5 Å². The summed E-state index contributed by atoms with van der Waals surface area (Å²) in [5.74, 6) is 0.431. The Kier molecular flexibility index (Phi) is 6.24. The minimum atomic E-state index is -0.496. The van der Waals surface area contributed by atoms with Crippen molar-refractivity contribution in [1.29, 1.82) is 0 Å². The molecule has 0 saturated heterocycles. The number of anilines is 1. The maximum absolute atomic E-state index is 15.6.